The van der Waals surface area contributed by atoms with E-state index in [0.717, 1.165) is 16.3 Å². The molecule has 2 amide bonds. The average Bonchev–Trinajstić information content (AvgIpc) is 2.55. The van der Waals surface area contributed by atoms with E-state index in [0.29, 0.717) is 13.1 Å². The highest BCUT2D eigenvalue weighted by Crippen LogP contribution is 2.24. The maximum Gasteiger partial charge on any atom is 0.321 e. The number of anilines is 1. The number of nitrogens with zero attached hydrogens (tertiary/aromatic N) is 1. The molecule has 0 bridgehead atoms. The van der Waals surface area contributed by atoms with Crippen molar-refractivity contribution in [2.75, 3.05) is 18.0 Å². The SMILES string of the molecule is CCN(C(=O)NCC(C)(C)c1ccc(Cl)cc1)c1ccccc1. The molecule has 122 valence electrons. The number of para-hydroxylation sites is 1. The largest absolute Gasteiger partial charge is 0.337 e. The molecule has 0 aliphatic rings. The Balaban J connectivity index is 2.03. The Kier molecular flexibility index (Phi) is 5.67. The van der Waals surface area contributed by atoms with Crippen molar-refractivity contribution >= 4 is 23.3 Å². The molecule has 0 aromatic heterocycles. The van der Waals surface area contributed by atoms with Crippen LogP contribution >= 0.6 is 11.6 Å². The summed E-state index contributed by atoms with van der Waals surface area (Å²) in [7, 11) is 0. The van der Waals surface area contributed by atoms with Crippen molar-refractivity contribution in [1.82, 2.24) is 5.32 Å². The van der Waals surface area contributed by atoms with E-state index in [9.17, 15) is 4.79 Å². The Morgan fingerprint density at radius 3 is 2.26 bits per heavy atom. The molecule has 0 fully saturated rings. The molecule has 0 aliphatic heterocycles. The van der Waals surface area contributed by atoms with Gasteiger partial charge in [-0.2, -0.15) is 0 Å². The number of halogens is 1. The van der Waals surface area contributed by atoms with Crippen LogP contribution in [0.15, 0.2) is 54.6 Å². The third-order valence-corrected chi connectivity index (χ3v) is 4.19. The van der Waals surface area contributed by atoms with Crippen LogP contribution in [0.2, 0.25) is 5.02 Å². The molecule has 2 aromatic rings. The Hall–Kier alpha value is -2.00. The number of urea groups is 1. The first-order valence-electron chi connectivity index (χ1n) is 7.80. The van der Waals surface area contributed by atoms with Gasteiger partial charge in [0, 0.05) is 29.2 Å². The van der Waals surface area contributed by atoms with Gasteiger partial charge < -0.3 is 5.32 Å². The standard InChI is InChI=1S/C19H23ClN2O/c1-4-22(17-8-6-5-7-9-17)18(23)21-14-19(2,3)15-10-12-16(20)13-11-15/h5-13H,4,14H2,1-3H3,(H,21,23). The van der Waals surface area contributed by atoms with Gasteiger partial charge in [-0.15, -0.1) is 0 Å². The van der Waals surface area contributed by atoms with Crippen LogP contribution in [0.1, 0.15) is 26.3 Å². The number of carbonyl (C=O) groups is 1. The van der Waals surface area contributed by atoms with Crippen LogP contribution < -0.4 is 10.2 Å². The molecule has 4 heteroatoms. The van der Waals surface area contributed by atoms with E-state index >= 15 is 0 Å². The molecule has 0 radical (unpaired) electrons. The minimum Gasteiger partial charge on any atom is -0.337 e. The normalized spacial score (nSPS) is 11.1. The Bertz CT molecular complexity index is 638. The lowest BCUT2D eigenvalue weighted by Gasteiger charge is -2.28. The molecule has 0 saturated heterocycles. The maximum atomic E-state index is 12.5. The van der Waals surface area contributed by atoms with Gasteiger partial charge in [0.25, 0.3) is 0 Å². The summed E-state index contributed by atoms with van der Waals surface area (Å²) in [5, 5.41) is 3.76. The molecule has 0 saturated carbocycles. The van der Waals surface area contributed by atoms with Crippen LogP contribution in [0, 0.1) is 0 Å². The highest BCUT2D eigenvalue weighted by molar-refractivity contribution is 6.30. The van der Waals surface area contributed by atoms with Gasteiger partial charge in [-0.25, -0.2) is 4.79 Å². The third-order valence-electron chi connectivity index (χ3n) is 3.94. The van der Waals surface area contributed by atoms with Crippen molar-refractivity contribution in [3.63, 3.8) is 0 Å². The fourth-order valence-corrected chi connectivity index (χ4v) is 2.57. The average molecular weight is 331 g/mol. The summed E-state index contributed by atoms with van der Waals surface area (Å²) in [6.07, 6.45) is 0. The van der Waals surface area contributed by atoms with Crippen LogP contribution in [0.5, 0.6) is 0 Å². The second-order valence-corrected chi connectivity index (χ2v) is 6.57. The van der Waals surface area contributed by atoms with Gasteiger partial charge in [-0.3, -0.25) is 4.90 Å². The molecular formula is C19H23ClN2O. The van der Waals surface area contributed by atoms with Gasteiger partial charge in [-0.05, 0) is 36.8 Å². The van der Waals surface area contributed by atoms with Gasteiger partial charge in [0.05, 0.1) is 0 Å². The lowest BCUT2D eigenvalue weighted by Crippen LogP contribution is -2.44. The van der Waals surface area contributed by atoms with E-state index in [1.807, 2.05) is 61.5 Å². The zero-order valence-corrected chi connectivity index (χ0v) is 14.6. The highest BCUT2D eigenvalue weighted by Gasteiger charge is 2.23. The summed E-state index contributed by atoms with van der Waals surface area (Å²) in [5.74, 6) is 0. The number of carbonyl (C=O) groups excluding carboxylic acids is 1. The first kappa shape index (κ1) is 17.4. The Labute approximate surface area is 143 Å². The zero-order valence-electron chi connectivity index (χ0n) is 13.8. The summed E-state index contributed by atoms with van der Waals surface area (Å²) in [6, 6.07) is 17.4. The number of hydrogen-bond donors (Lipinski definition) is 1. The number of hydrogen-bond acceptors (Lipinski definition) is 1. The van der Waals surface area contributed by atoms with Crippen LogP contribution in [0.25, 0.3) is 0 Å². The third kappa shape index (κ3) is 4.49. The number of amides is 2. The van der Waals surface area contributed by atoms with Gasteiger partial charge in [0.1, 0.15) is 0 Å². The second-order valence-electron chi connectivity index (χ2n) is 6.13. The van der Waals surface area contributed by atoms with Gasteiger partial charge in [0.15, 0.2) is 0 Å². The second kappa shape index (κ2) is 7.51. The lowest BCUT2D eigenvalue weighted by molar-refractivity contribution is 0.244. The van der Waals surface area contributed by atoms with Gasteiger partial charge in [0.2, 0.25) is 0 Å². The van der Waals surface area contributed by atoms with Crippen molar-refractivity contribution in [3.8, 4) is 0 Å². The molecule has 2 rings (SSSR count). The monoisotopic (exact) mass is 330 g/mol. The molecule has 2 aromatic carbocycles. The van der Waals surface area contributed by atoms with E-state index in [4.69, 9.17) is 11.6 Å². The molecule has 23 heavy (non-hydrogen) atoms. The molecule has 3 nitrogen and oxygen atoms in total. The molecule has 0 atom stereocenters. The summed E-state index contributed by atoms with van der Waals surface area (Å²) < 4.78 is 0. The van der Waals surface area contributed by atoms with Crippen molar-refractivity contribution in [1.29, 1.82) is 0 Å². The van der Waals surface area contributed by atoms with Crippen molar-refractivity contribution in [2.24, 2.45) is 0 Å². The zero-order chi connectivity index (χ0) is 16.9. The van der Waals surface area contributed by atoms with E-state index in [-0.39, 0.29) is 11.4 Å². The fourth-order valence-electron chi connectivity index (χ4n) is 2.45. The Morgan fingerprint density at radius 1 is 1.09 bits per heavy atom. The van der Waals surface area contributed by atoms with Crippen molar-refractivity contribution in [3.05, 3.63) is 65.2 Å². The summed E-state index contributed by atoms with van der Waals surface area (Å²) >= 11 is 5.94. The Morgan fingerprint density at radius 2 is 1.70 bits per heavy atom. The molecule has 0 unspecified atom stereocenters. The van der Waals surface area contributed by atoms with Crippen LogP contribution in [0.3, 0.4) is 0 Å². The van der Waals surface area contributed by atoms with Gasteiger partial charge >= 0.3 is 6.03 Å². The summed E-state index contributed by atoms with van der Waals surface area (Å²) in [5.41, 5.74) is 1.87. The molecule has 0 spiro atoms. The minimum absolute atomic E-state index is 0.0826. The van der Waals surface area contributed by atoms with E-state index in [2.05, 4.69) is 19.2 Å². The van der Waals surface area contributed by atoms with E-state index in [1.54, 1.807) is 4.90 Å². The van der Waals surface area contributed by atoms with Crippen LogP contribution in [0.4, 0.5) is 10.5 Å². The lowest BCUT2D eigenvalue weighted by atomic mass is 9.85. The van der Waals surface area contributed by atoms with Crippen LogP contribution in [-0.2, 0) is 5.41 Å². The van der Waals surface area contributed by atoms with Crippen molar-refractivity contribution < 1.29 is 4.79 Å². The highest BCUT2D eigenvalue weighted by atomic mass is 35.5. The minimum atomic E-state index is -0.170. The molecular weight excluding hydrogens is 308 g/mol. The first-order valence-corrected chi connectivity index (χ1v) is 8.18. The predicted molar refractivity (Wildman–Crippen MR) is 97.3 cm³/mol. The number of rotatable bonds is 5. The molecule has 0 aliphatic carbocycles. The van der Waals surface area contributed by atoms with E-state index in [1.165, 1.54) is 0 Å². The predicted octanol–water partition coefficient (Wildman–Crippen LogP) is 4.85. The topological polar surface area (TPSA) is 32.3 Å². The summed E-state index contributed by atoms with van der Waals surface area (Å²) in [6.45, 7) is 7.36. The van der Waals surface area contributed by atoms with E-state index < -0.39 is 0 Å². The smallest absolute Gasteiger partial charge is 0.321 e. The maximum absolute atomic E-state index is 12.5. The van der Waals surface area contributed by atoms with Gasteiger partial charge in [-0.1, -0.05) is 55.8 Å². The number of nitrogens with one attached hydrogen (secondary N) is 1. The summed E-state index contributed by atoms with van der Waals surface area (Å²) in [4.78, 5) is 14.2. The first-order chi connectivity index (χ1) is 10.9. The van der Waals surface area contributed by atoms with Crippen molar-refractivity contribution in [2.45, 2.75) is 26.2 Å². The quantitative estimate of drug-likeness (QED) is 0.834. The number of benzene rings is 2. The van der Waals surface area contributed by atoms with Crippen LogP contribution in [-0.4, -0.2) is 19.1 Å². The fraction of sp³-hybridized carbons (Fsp3) is 0.316. The molecule has 0 heterocycles. The molecule has 1 N–H and O–H groups in total.